The van der Waals surface area contributed by atoms with Gasteiger partial charge in [0.25, 0.3) is 0 Å². The first-order valence-electron chi connectivity index (χ1n) is 4.98. The van der Waals surface area contributed by atoms with E-state index in [-0.39, 0.29) is 17.9 Å². The second kappa shape index (κ2) is 6.07. The molecule has 94 valence electrons. The lowest BCUT2D eigenvalue weighted by atomic mass is 10.2. The number of hydrogen-bond acceptors (Lipinski definition) is 6. The summed E-state index contributed by atoms with van der Waals surface area (Å²) in [7, 11) is 1.39. The summed E-state index contributed by atoms with van der Waals surface area (Å²) in [6, 6.07) is 4.69. The van der Waals surface area contributed by atoms with Crippen LogP contribution in [-0.2, 0) is 4.74 Å². The quantitative estimate of drug-likeness (QED) is 0.487. The average Bonchev–Trinajstić information content (AvgIpc) is 2.35. The molecule has 1 aromatic carbocycles. The summed E-state index contributed by atoms with van der Waals surface area (Å²) in [5.41, 5.74) is 6.13. The minimum absolute atomic E-state index is 0.178. The Labute approximate surface area is 98.6 Å². The van der Waals surface area contributed by atoms with Crippen molar-refractivity contribution in [2.75, 3.05) is 26.1 Å². The number of ether oxygens (including phenoxy) is 2. The Kier molecular flexibility index (Phi) is 4.74. The first kappa shape index (κ1) is 13.3. The standard InChI is InChI=1S/C11H15NO5/c1-16-10-8(3-2-4-9(10)12)11(15)17-6-7(14)5-13/h2-4,7,13-14H,5-6,12H2,1H3. The van der Waals surface area contributed by atoms with Gasteiger partial charge in [-0.1, -0.05) is 6.07 Å². The fourth-order valence-electron chi connectivity index (χ4n) is 1.25. The van der Waals surface area contributed by atoms with Gasteiger partial charge in [-0.15, -0.1) is 0 Å². The number of aliphatic hydroxyl groups excluding tert-OH is 2. The number of carbonyl (C=O) groups is 1. The van der Waals surface area contributed by atoms with Crippen molar-refractivity contribution in [1.82, 2.24) is 0 Å². The molecule has 1 atom stereocenters. The Morgan fingerprint density at radius 1 is 1.53 bits per heavy atom. The molecule has 0 aliphatic heterocycles. The zero-order valence-corrected chi connectivity index (χ0v) is 9.42. The molecule has 1 rings (SSSR count). The molecule has 0 saturated carbocycles. The molecule has 6 heteroatoms. The van der Waals surface area contributed by atoms with Crippen LogP contribution >= 0.6 is 0 Å². The van der Waals surface area contributed by atoms with Gasteiger partial charge in [-0.05, 0) is 12.1 Å². The lowest BCUT2D eigenvalue weighted by Gasteiger charge is -2.12. The van der Waals surface area contributed by atoms with E-state index in [1.54, 1.807) is 12.1 Å². The molecular formula is C11H15NO5. The third kappa shape index (κ3) is 3.33. The molecule has 0 bridgehead atoms. The summed E-state index contributed by atoms with van der Waals surface area (Å²) in [4.78, 5) is 11.6. The largest absolute Gasteiger partial charge is 0.494 e. The van der Waals surface area contributed by atoms with E-state index in [1.807, 2.05) is 0 Å². The summed E-state index contributed by atoms with van der Waals surface area (Å²) in [5.74, 6) is -0.433. The predicted molar refractivity (Wildman–Crippen MR) is 60.8 cm³/mol. The van der Waals surface area contributed by atoms with Crippen molar-refractivity contribution >= 4 is 11.7 Å². The Balaban J connectivity index is 2.78. The molecule has 0 aliphatic rings. The highest BCUT2D eigenvalue weighted by Gasteiger charge is 2.16. The second-order valence-electron chi connectivity index (χ2n) is 3.36. The number of carbonyl (C=O) groups excluding carboxylic acids is 1. The molecule has 1 unspecified atom stereocenters. The molecule has 6 nitrogen and oxygen atoms in total. The molecule has 0 fully saturated rings. The van der Waals surface area contributed by atoms with Crippen LogP contribution in [0.3, 0.4) is 0 Å². The van der Waals surface area contributed by atoms with Gasteiger partial charge >= 0.3 is 5.97 Å². The summed E-state index contributed by atoms with van der Waals surface area (Å²) in [6.45, 7) is -0.755. The zero-order chi connectivity index (χ0) is 12.8. The van der Waals surface area contributed by atoms with Crippen molar-refractivity contribution in [1.29, 1.82) is 0 Å². The highest BCUT2D eigenvalue weighted by Crippen LogP contribution is 2.26. The number of benzene rings is 1. The Hall–Kier alpha value is -1.79. The van der Waals surface area contributed by atoms with Gasteiger partial charge in [0.15, 0.2) is 5.75 Å². The molecule has 0 heterocycles. The Morgan fingerprint density at radius 2 is 2.24 bits per heavy atom. The van der Waals surface area contributed by atoms with Gasteiger partial charge in [0.2, 0.25) is 0 Å². The van der Waals surface area contributed by atoms with Crippen molar-refractivity contribution in [3.63, 3.8) is 0 Å². The Morgan fingerprint density at radius 3 is 2.82 bits per heavy atom. The lowest BCUT2D eigenvalue weighted by molar-refractivity contribution is 0.00913. The summed E-state index contributed by atoms with van der Waals surface area (Å²) >= 11 is 0. The first-order valence-corrected chi connectivity index (χ1v) is 4.98. The molecule has 4 N–H and O–H groups in total. The summed E-state index contributed by atoms with van der Waals surface area (Å²) < 4.78 is 9.79. The molecule has 0 spiro atoms. The van der Waals surface area contributed by atoms with Gasteiger partial charge < -0.3 is 25.4 Å². The zero-order valence-electron chi connectivity index (χ0n) is 9.42. The third-order valence-corrected chi connectivity index (χ3v) is 2.09. The monoisotopic (exact) mass is 241 g/mol. The SMILES string of the molecule is COc1c(N)cccc1C(=O)OCC(O)CO. The van der Waals surface area contributed by atoms with Gasteiger partial charge in [0, 0.05) is 0 Å². The smallest absolute Gasteiger partial charge is 0.342 e. The molecule has 17 heavy (non-hydrogen) atoms. The average molecular weight is 241 g/mol. The van der Waals surface area contributed by atoms with Crippen LogP contribution in [0.1, 0.15) is 10.4 Å². The maximum absolute atomic E-state index is 11.6. The minimum Gasteiger partial charge on any atom is -0.494 e. The van der Waals surface area contributed by atoms with Gasteiger partial charge in [-0.25, -0.2) is 4.79 Å². The molecular weight excluding hydrogens is 226 g/mol. The highest BCUT2D eigenvalue weighted by molar-refractivity contribution is 5.94. The van der Waals surface area contributed by atoms with E-state index in [1.165, 1.54) is 13.2 Å². The molecule has 0 aromatic heterocycles. The fourth-order valence-corrected chi connectivity index (χ4v) is 1.25. The van der Waals surface area contributed by atoms with Crippen molar-refractivity contribution < 1.29 is 24.5 Å². The van der Waals surface area contributed by atoms with Crippen molar-refractivity contribution in [3.05, 3.63) is 23.8 Å². The molecule has 0 amide bonds. The number of methoxy groups -OCH3 is 1. The van der Waals surface area contributed by atoms with Gasteiger partial charge in [-0.2, -0.15) is 0 Å². The number of esters is 1. The van der Waals surface area contributed by atoms with Crippen LogP contribution in [0.4, 0.5) is 5.69 Å². The topological polar surface area (TPSA) is 102 Å². The van der Waals surface area contributed by atoms with Crippen LogP contribution in [0.5, 0.6) is 5.75 Å². The predicted octanol–water partition coefficient (Wildman–Crippen LogP) is -0.213. The van der Waals surface area contributed by atoms with Crippen LogP contribution in [-0.4, -0.2) is 42.6 Å². The maximum atomic E-state index is 11.6. The molecule has 0 aliphatic carbocycles. The Bertz CT molecular complexity index is 393. The molecule has 1 aromatic rings. The van der Waals surface area contributed by atoms with Crippen molar-refractivity contribution in [2.45, 2.75) is 6.10 Å². The van der Waals surface area contributed by atoms with Gasteiger partial charge in [-0.3, -0.25) is 0 Å². The van der Waals surface area contributed by atoms with Gasteiger partial charge in [0.05, 0.1) is 19.4 Å². The number of rotatable bonds is 5. The third-order valence-electron chi connectivity index (χ3n) is 2.09. The number of anilines is 1. The molecule has 0 radical (unpaired) electrons. The van der Waals surface area contributed by atoms with E-state index in [9.17, 15) is 4.79 Å². The number of para-hydroxylation sites is 1. The van der Waals surface area contributed by atoms with E-state index >= 15 is 0 Å². The highest BCUT2D eigenvalue weighted by atomic mass is 16.5. The molecule has 0 saturated heterocycles. The van der Waals surface area contributed by atoms with Crippen LogP contribution in [0.25, 0.3) is 0 Å². The fraction of sp³-hybridized carbons (Fsp3) is 0.364. The van der Waals surface area contributed by atoms with E-state index in [0.29, 0.717) is 5.69 Å². The first-order chi connectivity index (χ1) is 8.10. The van der Waals surface area contributed by atoms with E-state index in [2.05, 4.69) is 0 Å². The number of nitrogen functional groups attached to an aromatic ring is 1. The van der Waals surface area contributed by atoms with E-state index in [0.717, 1.165) is 0 Å². The summed E-state index contributed by atoms with van der Waals surface area (Å²) in [6.07, 6.45) is -1.09. The van der Waals surface area contributed by atoms with Gasteiger partial charge in [0.1, 0.15) is 18.3 Å². The van der Waals surface area contributed by atoms with Crippen LogP contribution < -0.4 is 10.5 Å². The normalized spacial score (nSPS) is 11.9. The van der Waals surface area contributed by atoms with Crippen LogP contribution in [0.15, 0.2) is 18.2 Å². The summed E-state index contributed by atoms with van der Waals surface area (Å²) in [5, 5.41) is 17.6. The second-order valence-corrected chi connectivity index (χ2v) is 3.36. The van der Waals surface area contributed by atoms with Crippen molar-refractivity contribution in [2.24, 2.45) is 0 Å². The van der Waals surface area contributed by atoms with Crippen LogP contribution in [0.2, 0.25) is 0 Å². The maximum Gasteiger partial charge on any atom is 0.342 e. The van der Waals surface area contributed by atoms with E-state index in [4.69, 9.17) is 25.4 Å². The number of hydrogen-bond donors (Lipinski definition) is 3. The lowest BCUT2D eigenvalue weighted by Crippen LogP contribution is -2.22. The van der Waals surface area contributed by atoms with Crippen molar-refractivity contribution in [3.8, 4) is 5.75 Å². The van der Waals surface area contributed by atoms with E-state index < -0.39 is 18.7 Å². The van der Waals surface area contributed by atoms with Crippen LogP contribution in [0, 0.1) is 0 Å². The number of nitrogens with two attached hydrogens (primary N) is 1. The number of aliphatic hydroxyl groups is 2. The minimum atomic E-state index is -1.09.